The van der Waals surface area contributed by atoms with Crippen LogP contribution in [-0.4, -0.2) is 26.6 Å². The van der Waals surface area contributed by atoms with Gasteiger partial charge in [0.15, 0.2) is 11.5 Å². The molecule has 0 aliphatic carbocycles. The average molecular weight is 512 g/mol. The second-order valence-electron chi connectivity index (χ2n) is 7.04. The minimum absolute atomic E-state index is 0.239. The first-order valence-electron chi connectivity index (χ1n) is 9.90. The zero-order valence-electron chi connectivity index (χ0n) is 17.7. The maximum atomic E-state index is 13.7. The molecule has 32 heavy (non-hydrogen) atoms. The minimum Gasteiger partial charge on any atom is -0.493 e. The number of hydrogen-bond donors (Lipinski definition) is 0. The SMILES string of the molecule is COc1ccc(/C=C/c2c(CBr)c3ccccc3n2S(=O)(=O)c2ccccc2)cc1OC. The summed E-state index contributed by atoms with van der Waals surface area (Å²) in [6, 6.07) is 21.6. The molecular formula is C25H22BrNO4S. The first-order valence-corrected chi connectivity index (χ1v) is 12.5. The molecule has 7 heteroatoms. The zero-order valence-corrected chi connectivity index (χ0v) is 20.1. The number of rotatable bonds is 7. The van der Waals surface area contributed by atoms with Crippen LogP contribution in [0.4, 0.5) is 0 Å². The van der Waals surface area contributed by atoms with Crippen LogP contribution in [0.2, 0.25) is 0 Å². The van der Waals surface area contributed by atoms with E-state index < -0.39 is 10.0 Å². The van der Waals surface area contributed by atoms with Gasteiger partial charge in [-0.1, -0.05) is 64.5 Å². The number of hydrogen-bond acceptors (Lipinski definition) is 4. The summed E-state index contributed by atoms with van der Waals surface area (Å²) in [6.07, 6.45) is 3.71. The summed E-state index contributed by atoms with van der Waals surface area (Å²) < 4.78 is 39.5. The van der Waals surface area contributed by atoms with E-state index in [0.29, 0.717) is 28.0 Å². The number of halogens is 1. The number of nitrogens with zero attached hydrogens (tertiary/aromatic N) is 1. The van der Waals surface area contributed by atoms with Crippen LogP contribution in [0.5, 0.6) is 11.5 Å². The molecular weight excluding hydrogens is 490 g/mol. The summed E-state index contributed by atoms with van der Waals surface area (Å²) in [5, 5.41) is 1.40. The number of methoxy groups -OCH3 is 2. The van der Waals surface area contributed by atoms with E-state index in [9.17, 15) is 8.42 Å². The van der Waals surface area contributed by atoms with Gasteiger partial charge in [0.05, 0.1) is 30.3 Å². The van der Waals surface area contributed by atoms with Gasteiger partial charge in [-0.05, 0) is 47.5 Å². The van der Waals surface area contributed by atoms with Crippen LogP contribution >= 0.6 is 15.9 Å². The van der Waals surface area contributed by atoms with Crippen molar-refractivity contribution in [3.05, 3.63) is 89.6 Å². The Hall–Kier alpha value is -3.03. The van der Waals surface area contributed by atoms with Crippen molar-refractivity contribution in [1.82, 2.24) is 3.97 Å². The van der Waals surface area contributed by atoms with Crippen molar-refractivity contribution in [1.29, 1.82) is 0 Å². The third kappa shape index (κ3) is 3.94. The fourth-order valence-corrected chi connectivity index (χ4v) is 5.84. The highest BCUT2D eigenvalue weighted by Crippen LogP contribution is 2.34. The lowest BCUT2D eigenvalue weighted by atomic mass is 10.1. The molecule has 1 heterocycles. The van der Waals surface area contributed by atoms with Crippen LogP contribution in [0, 0.1) is 0 Å². The molecule has 5 nitrogen and oxygen atoms in total. The monoisotopic (exact) mass is 511 g/mol. The van der Waals surface area contributed by atoms with E-state index in [1.54, 1.807) is 44.6 Å². The standard InChI is InChI=1S/C25H22BrNO4S/c1-30-24-15-13-18(16-25(24)31-2)12-14-23-21(17-26)20-10-6-7-11-22(20)27(23)32(28,29)19-8-4-3-5-9-19/h3-16H,17H2,1-2H3/b14-12+. The molecule has 0 saturated heterocycles. The van der Waals surface area contributed by atoms with E-state index in [0.717, 1.165) is 16.5 Å². The highest BCUT2D eigenvalue weighted by atomic mass is 79.9. The molecule has 0 aliphatic heterocycles. The lowest BCUT2D eigenvalue weighted by Crippen LogP contribution is -2.14. The minimum atomic E-state index is -3.81. The predicted octanol–water partition coefficient (Wildman–Crippen LogP) is 5.96. The van der Waals surface area contributed by atoms with E-state index >= 15 is 0 Å². The van der Waals surface area contributed by atoms with Crippen LogP contribution in [0.25, 0.3) is 23.1 Å². The summed E-state index contributed by atoms with van der Waals surface area (Å²) in [6.45, 7) is 0. The molecule has 0 amide bonds. The van der Waals surface area contributed by atoms with Gasteiger partial charge in [0, 0.05) is 10.7 Å². The van der Waals surface area contributed by atoms with Gasteiger partial charge in [0.1, 0.15) is 0 Å². The molecule has 0 bridgehead atoms. The molecule has 0 aliphatic rings. The van der Waals surface area contributed by atoms with E-state index in [4.69, 9.17) is 9.47 Å². The number of benzene rings is 3. The maximum Gasteiger partial charge on any atom is 0.268 e. The number of ether oxygens (including phenoxy) is 2. The molecule has 4 rings (SSSR count). The first kappa shape index (κ1) is 22.2. The summed E-state index contributed by atoms with van der Waals surface area (Å²) >= 11 is 3.56. The fraction of sp³-hybridized carbons (Fsp3) is 0.120. The molecule has 1 aromatic heterocycles. The highest BCUT2D eigenvalue weighted by molar-refractivity contribution is 9.08. The molecule has 0 spiro atoms. The molecule has 0 unspecified atom stereocenters. The second-order valence-corrected chi connectivity index (χ2v) is 9.39. The maximum absolute atomic E-state index is 13.7. The van der Waals surface area contributed by atoms with Gasteiger partial charge >= 0.3 is 0 Å². The molecule has 0 atom stereocenters. The smallest absolute Gasteiger partial charge is 0.268 e. The van der Waals surface area contributed by atoms with Gasteiger partial charge in [-0.3, -0.25) is 0 Å². The van der Waals surface area contributed by atoms with Crippen LogP contribution in [-0.2, 0) is 15.4 Å². The zero-order chi connectivity index (χ0) is 22.7. The number of fused-ring (bicyclic) bond motifs is 1. The Bertz CT molecular complexity index is 1390. The van der Waals surface area contributed by atoms with Gasteiger partial charge in [0.2, 0.25) is 0 Å². The Balaban J connectivity index is 1.93. The van der Waals surface area contributed by atoms with Crippen molar-refractivity contribution in [2.75, 3.05) is 14.2 Å². The summed E-state index contributed by atoms with van der Waals surface area (Å²) in [7, 11) is -0.646. The van der Waals surface area contributed by atoms with Crippen molar-refractivity contribution in [2.24, 2.45) is 0 Å². The van der Waals surface area contributed by atoms with Crippen molar-refractivity contribution < 1.29 is 17.9 Å². The van der Waals surface area contributed by atoms with Gasteiger partial charge in [-0.2, -0.15) is 0 Å². The molecule has 0 fully saturated rings. The third-order valence-electron chi connectivity index (χ3n) is 5.23. The normalized spacial score (nSPS) is 11.8. The lowest BCUT2D eigenvalue weighted by Gasteiger charge is -2.11. The van der Waals surface area contributed by atoms with Gasteiger partial charge in [-0.25, -0.2) is 12.4 Å². The molecule has 0 N–H and O–H groups in total. The van der Waals surface area contributed by atoms with Crippen molar-refractivity contribution in [3.8, 4) is 11.5 Å². The van der Waals surface area contributed by atoms with Crippen LogP contribution in [0.1, 0.15) is 16.8 Å². The van der Waals surface area contributed by atoms with Crippen LogP contribution in [0.15, 0.2) is 77.7 Å². The fourth-order valence-electron chi connectivity index (χ4n) is 3.69. The first-order chi connectivity index (χ1) is 15.5. The van der Waals surface area contributed by atoms with Crippen molar-refractivity contribution in [3.63, 3.8) is 0 Å². The quantitative estimate of drug-likeness (QED) is 0.287. The number of para-hydroxylation sites is 1. The summed E-state index contributed by atoms with van der Waals surface area (Å²) in [5.41, 5.74) is 2.99. The van der Waals surface area contributed by atoms with E-state index in [1.165, 1.54) is 3.97 Å². The Morgan fingerprint density at radius 2 is 1.56 bits per heavy atom. The number of alkyl halides is 1. The van der Waals surface area contributed by atoms with Crippen molar-refractivity contribution in [2.45, 2.75) is 10.2 Å². The largest absolute Gasteiger partial charge is 0.493 e. The molecule has 164 valence electrons. The van der Waals surface area contributed by atoms with E-state index in [2.05, 4.69) is 15.9 Å². The third-order valence-corrected chi connectivity index (χ3v) is 7.53. The molecule has 3 aromatic carbocycles. The van der Waals surface area contributed by atoms with Gasteiger partial charge in [0.25, 0.3) is 10.0 Å². The Morgan fingerprint density at radius 1 is 0.875 bits per heavy atom. The second kappa shape index (κ2) is 9.22. The Morgan fingerprint density at radius 3 is 2.25 bits per heavy atom. The topological polar surface area (TPSA) is 57.5 Å². The Kier molecular flexibility index (Phi) is 6.39. The predicted molar refractivity (Wildman–Crippen MR) is 132 cm³/mol. The average Bonchev–Trinajstić information content (AvgIpc) is 3.17. The Labute approximate surface area is 196 Å². The van der Waals surface area contributed by atoms with Gasteiger partial charge < -0.3 is 9.47 Å². The van der Waals surface area contributed by atoms with E-state index in [1.807, 2.05) is 54.6 Å². The van der Waals surface area contributed by atoms with Gasteiger partial charge in [-0.15, -0.1) is 0 Å². The highest BCUT2D eigenvalue weighted by Gasteiger charge is 2.25. The van der Waals surface area contributed by atoms with Crippen LogP contribution in [0.3, 0.4) is 0 Å². The summed E-state index contributed by atoms with van der Waals surface area (Å²) in [5.74, 6) is 1.24. The van der Waals surface area contributed by atoms with E-state index in [-0.39, 0.29) is 4.90 Å². The molecule has 0 saturated carbocycles. The molecule has 4 aromatic rings. The van der Waals surface area contributed by atoms with Crippen molar-refractivity contribution >= 4 is 49.0 Å². The van der Waals surface area contributed by atoms with Crippen LogP contribution < -0.4 is 9.47 Å². The molecule has 0 radical (unpaired) electrons. The summed E-state index contributed by atoms with van der Waals surface area (Å²) in [4.78, 5) is 0.239. The number of aromatic nitrogens is 1. The lowest BCUT2D eigenvalue weighted by molar-refractivity contribution is 0.355.